The maximum atomic E-state index is 12.2. The van der Waals surface area contributed by atoms with Gasteiger partial charge in [-0.2, -0.15) is 0 Å². The zero-order chi connectivity index (χ0) is 22.9. The van der Waals surface area contributed by atoms with Gasteiger partial charge in [-0.15, -0.1) is 0 Å². The third-order valence-electron chi connectivity index (χ3n) is 5.03. The van der Waals surface area contributed by atoms with E-state index < -0.39 is 6.09 Å². The van der Waals surface area contributed by atoms with Gasteiger partial charge in [0.1, 0.15) is 12.4 Å². The number of rotatable bonds is 8. The summed E-state index contributed by atoms with van der Waals surface area (Å²) in [4.78, 5) is 24.0. The lowest BCUT2D eigenvalue weighted by Crippen LogP contribution is -2.24. The highest BCUT2D eigenvalue weighted by Crippen LogP contribution is 2.34. The monoisotopic (exact) mass is 433 g/mol. The highest BCUT2D eigenvalue weighted by Gasteiger charge is 2.14. The van der Waals surface area contributed by atoms with Crippen LogP contribution < -0.4 is 10.1 Å². The van der Waals surface area contributed by atoms with E-state index in [9.17, 15) is 9.59 Å². The van der Waals surface area contributed by atoms with Gasteiger partial charge in [0, 0.05) is 12.1 Å². The molecular weight excluding hydrogens is 406 g/mol. The fraction of sp³-hybridized carbons (Fsp3) is 0.231. The molecule has 0 fully saturated rings. The van der Waals surface area contributed by atoms with Gasteiger partial charge in [-0.25, -0.2) is 4.79 Å². The minimum atomic E-state index is -0.493. The molecule has 0 saturated carbocycles. The minimum Gasteiger partial charge on any atom is -0.496 e. The van der Waals surface area contributed by atoms with E-state index in [0.717, 1.165) is 33.4 Å². The van der Waals surface area contributed by atoms with Crippen molar-refractivity contribution in [1.82, 2.24) is 5.32 Å². The van der Waals surface area contributed by atoms with Gasteiger partial charge >= 0.3 is 12.1 Å². The number of hydrogen-bond acceptors (Lipinski definition) is 5. The quantitative estimate of drug-likeness (QED) is 0.516. The number of alkyl carbamates (subject to hydrolysis) is 1. The molecule has 0 radical (unpaired) electrons. The largest absolute Gasteiger partial charge is 0.496 e. The Balaban J connectivity index is 1.79. The molecule has 6 nitrogen and oxygen atoms in total. The van der Waals surface area contributed by atoms with Gasteiger partial charge in [-0.05, 0) is 41.3 Å². The van der Waals surface area contributed by atoms with E-state index in [1.165, 1.54) is 7.11 Å². The summed E-state index contributed by atoms with van der Waals surface area (Å²) in [5, 5.41) is 2.82. The van der Waals surface area contributed by atoms with Gasteiger partial charge in [-0.3, -0.25) is 4.79 Å². The Bertz CT molecular complexity index is 1080. The molecule has 3 aromatic rings. The van der Waals surface area contributed by atoms with E-state index in [2.05, 4.69) is 5.32 Å². The highest BCUT2D eigenvalue weighted by atomic mass is 16.5. The average molecular weight is 434 g/mol. The minimum absolute atomic E-state index is 0.165. The predicted octanol–water partition coefficient (Wildman–Crippen LogP) is 4.81. The third-order valence-corrected chi connectivity index (χ3v) is 5.03. The summed E-state index contributed by atoms with van der Waals surface area (Å²) in [7, 11) is 2.97. The van der Waals surface area contributed by atoms with Crippen LogP contribution in [0.2, 0.25) is 0 Å². The normalized spacial score (nSPS) is 10.3. The fourth-order valence-corrected chi connectivity index (χ4v) is 3.39. The van der Waals surface area contributed by atoms with Gasteiger partial charge in [-0.1, -0.05) is 60.2 Å². The molecular formula is C26H27NO5. The van der Waals surface area contributed by atoms with Gasteiger partial charge in [0.25, 0.3) is 0 Å². The molecule has 0 saturated heterocycles. The molecule has 0 aromatic heterocycles. The lowest BCUT2D eigenvalue weighted by Gasteiger charge is -2.16. The van der Waals surface area contributed by atoms with Crippen molar-refractivity contribution < 1.29 is 23.8 Å². The van der Waals surface area contributed by atoms with Gasteiger partial charge in [0.2, 0.25) is 0 Å². The van der Waals surface area contributed by atoms with E-state index >= 15 is 0 Å². The number of hydrogen-bond donors (Lipinski definition) is 1. The first-order valence-electron chi connectivity index (χ1n) is 10.3. The molecule has 0 aliphatic heterocycles. The van der Waals surface area contributed by atoms with Gasteiger partial charge in [0.05, 0.1) is 20.6 Å². The van der Waals surface area contributed by atoms with Crippen molar-refractivity contribution >= 4 is 12.1 Å². The summed E-state index contributed by atoms with van der Waals surface area (Å²) in [6.07, 6.45) is -0.327. The molecule has 0 aliphatic carbocycles. The zero-order valence-electron chi connectivity index (χ0n) is 18.5. The van der Waals surface area contributed by atoms with E-state index in [1.54, 1.807) is 7.11 Å². The Morgan fingerprint density at radius 3 is 2.38 bits per heavy atom. The lowest BCUT2D eigenvalue weighted by atomic mass is 9.95. The van der Waals surface area contributed by atoms with Gasteiger partial charge in [0.15, 0.2) is 0 Å². The summed E-state index contributed by atoms with van der Waals surface area (Å²) in [5.41, 5.74) is 5.45. The number of carbonyl (C=O) groups is 2. The molecule has 1 N–H and O–H groups in total. The molecule has 1 amide bonds. The standard InChI is InChI=1S/C26H27NO5/c1-18-9-11-22(23-14-20(15-25(28)31-3)10-12-24(23)30-2)21(13-18)16-27-26(29)32-17-19-7-5-4-6-8-19/h4-14H,15-17H2,1-3H3,(H,27,29). The van der Waals surface area contributed by atoms with Crippen LogP contribution in [0.1, 0.15) is 22.3 Å². The van der Waals surface area contributed by atoms with Crippen molar-refractivity contribution in [3.63, 3.8) is 0 Å². The maximum absolute atomic E-state index is 12.2. The van der Waals surface area contributed by atoms with Crippen LogP contribution >= 0.6 is 0 Å². The first-order chi connectivity index (χ1) is 15.5. The molecule has 0 bridgehead atoms. The van der Waals surface area contributed by atoms with E-state index in [1.807, 2.05) is 73.7 Å². The van der Waals surface area contributed by atoms with Crippen LogP contribution in [0.25, 0.3) is 11.1 Å². The molecule has 0 unspecified atom stereocenters. The summed E-state index contributed by atoms with van der Waals surface area (Å²) in [5.74, 6) is 0.364. The molecule has 3 rings (SSSR count). The van der Waals surface area contributed by atoms with Crippen molar-refractivity contribution in [3.8, 4) is 16.9 Å². The summed E-state index contributed by atoms with van der Waals surface area (Å²) >= 11 is 0. The third kappa shape index (κ3) is 6.11. The van der Waals surface area contributed by atoms with Crippen LogP contribution in [0.15, 0.2) is 66.7 Å². The number of nitrogens with one attached hydrogen (secondary N) is 1. The molecule has 0 aliphatic rings. The van der Waals surface area contributed by atoms with Gasteiger partial charge < -0.3 is 19.5 Å². The Hall–Kier alpha value is -3.80. The number of amides is 1. The number of methoxy groups -OCH3 is 2. The van der Waals surface area contributed by atoms with Crippen molar-refractivity contribution in [3.05, 3.63) is 89.0 Å². The van der Waals surface area contributed by atoms with Crippen LogP contribution in [0.3, 0.4) is 0 Å². The second kappa shape index (κ2) is 11.0. The van der Waals surface area contributed by atoms with Crippen LogP contribution in [0, 0.1) is 6.92 Å². The molecule has 0 spiro atoms. The van der Waals surface area contributed by atoms with Crippen molar-refractivity contribution in [2.24, 2.45) is 0 Å². The topological polar surface area (TPSA) is 73.9 Å². The van der Waals surface area contributed by atoms with E-state index in [-0.39, 0.29) is 25.5 Å². The fourth-order valence-electron chi connectivity index (χ4n) is 3.39. The number of esters is 1. The van der Waals surface area contributed by atoms with Crippen LogP contribution in [-0.2, 0) is 33.8 Å². The summed E-state index contributed by atoms with van der Waals surface area (Å²) in [6.45, 7) is 2.48. The van der Waals surface area contributed by atoms with Crippen molar-refractivity contribution in [1.29, 1.82) is 0 Å². The van der Waals surface area contributed by atoms with Crippen molar-refractivity contribution in [2.75, 3.05) is 14.2 Å². The molecule has 32 heavy (non-hydrogen) atoms. The lowest BCUT2D eigenvalue weighted by molar-refractivity contribution is -0.139. The Labute approximate surface area is 188 Å². The molecule has 6 heteroatoms. The van der Waals surface area contributed by atoms with Crippen LogP contribution in [-0.4, -0.2) is 26.3 Å². The second-order valence-corrected chi connectivity index (χ2v) is 7.36. The predicted molar refractivity (Wildman–Crippen MR) is 122 cm³/mol. The Kier molecular flexibility index (Phi) is 7.86. The number of carbonyl (C=O) groups excluding carboxylic acids is 2. The summed E-state index contributed by atoms with van der Waals surface area (Å²) in [6, 6.07) is 21.1. The first-order valence-corrected chi connectivity index (χ1v) is 10.3. The summed E-state index contributed by atoms with van der Waals surface area (Å²) < 4.78 is 15.7. The molecule has 3 aromatic carbocycles. The van der Waals surface area contributed by atoms with E-state index in [4.69, 9.17) is 14.2 Å². The first kappa shape index (κ1) is 22.9. The maximum Gasteiger partial charge on any atom is 0.407 e. The second-order valence-electron chi connectivity index (χ2n) is 7.36. The number of benzene rings is 3. The van der Waals surface area contributed by atoms with Crippen molar-refractivity contribution in [2.45, 2.75) is 26.5 Å². The van der Waals surface area contributed by atoms with Crippen LogP contribution in [0.5, 0.6) is 5.75 Å². The van der Waals surface area contributed by atoms with Crippen LogP contribution in [0.4, 0.5) is 4.79 Å². The number of aryl methyl sites for hydroxylation is 1. The smallest absolute Gasteiger partial charge is 0.407 e. The molecule has 0 heterocycles. The Morgan fingerprint density at radius 1 is 0.875 bits per heavy atom. The average Bonchev–Trinajstić information content (AvgIpc) is 2.82. The van der Waals surface area contributed by atoms with E-state index in [0.29, 0.717) is 5.75 Å². The zero-order valence-corrected chi connectivity index (χ0v) is 18.5. The highest BCUT2D eigenvalue weighted by molar-refractivity contribution is 5.78. The molecule has 0 atom stereocenters. The SMILES string of the molecule is COC(=O)Cc1ccc(OC)c(-c2ccc(C)cc2CNC(=O)OCc2ccccc2)c1. The number of ether oxygens (including phenoxy) is 3. The molecule has 166 valence electrons. The Morgan fingerprint density at radius 2 is 1.66 bits per heavy atom.